The zero-order chi connectivity index (χ0) is 11.9. The van der Waals surface area contributed by atoms with Crippen LogP contribution in [-0.2, 0) is 6.42 Å². The summed E-state index contributed by atoms with van der Waals surface area (Å²) in [7, 11) is 0. The second kappa shape index (κ2) is 3.56. The van der Waals surface area contributed by atoms with Gasteiger partial charge < -0.3 is 10.7 Å². The van der Waals surface area contributed by atoms with E-state index < -0.39 is 17.2 Å². The van der Waals surface area contributed by atoms with Crippen molar-refractivity contribution in [3.63, 3.8) is 0 Å². The van der Waals surface area contributed by atoms with Crippen molar-refractivity contribution in [3.8, 4) is 0 Å². The van der Waals surface area contributed by atoms with Gasteiger partial charge in [0, 0.05) is 22.7 Å². The van der Waals surface area contributed by atoms with Gasteiger partial charge in [-0.3, -0.25) is 0 Å². The van der Waals surface area contributed by atoms with E-state index in [4.69, 9.17) is 5.73 Å². The van der Waals surface area contributed by atoms with Crippen LogP contribution in [0.2, 0.25) is 0 Å². The predicted molar refractivity (Wildman–Crippen MR) is 60.2 cm³/mol. The highest BCUT2D eigenvalue weighted by atomic mass is 19.1. The Labute approximate surface area is 92.5 Å². The number of nitrogens with one attached hydrogen (secondary N) is 1. The molecule has 2 aromatic rings. The number of hydrogen-bond acceptors (Lipinski definition) is 1. The largest absolute Gasteiger partial charge is 0.359 e. The van der Waals surface area contributed by atoms with E-state index in [1.54, 1.807) is 26.1 Å². The van der Waals surface area contributed by atoms with Crippen molar-refractivity contribution < 1.29 is 8.78 Å². The first-order chi connectivity index (χ1) is 7.38. The van der Waals surface area contributed by atoms with Crippen LogP contribution in [0.25, 0.3) is 10.9 Å². The molecule has 2 rings (SSSR count). The summed E-state index contributed by atoms with van der Waals surface area (Å²) in [4.78, 5) is 2.76. The fraction of sp³-hybridized carbons (Fsp3) is 0.333. The highest BCUT2D eigenvalue weighted by molar-refractivity contribution is 5.80. The van der Waals surface area contributed by atoms with Crippen LogP contribution in [0.5, 0.6) is 0 Å². The van der Waals surface area contributed by atoms with E-state index in [0.717, 1.165) is 0 Å². The highest BCUT2D eigenvalue weighted by Gasteiger charge is 2.20. The van der Waals surface area contributed by atoms with Crippen molar-refractivity contribution in [2.75, 3.05) is 0 Å². The van der Waals surface area contributed by atoms with Crippen LogP contribution >= 0.6 is 0 Å². The number of fused-ring (bicyclic) bond motifs is 1. The minimum Gasteiger partial charge on any atom is -0.359 e. The third kappa shape index (κ3) is 1.93. The van der Waals surface area contributed by atoms with E-state index in [9.17, 15) is 8.78 Å². The Bertz CT molecular complexity index is 524. The summed E-state index contributed by atoms with van der Waals surface area (Å²) in [6, 6.07) is 2.97. The number of nitrogens with two attached hydrogens (primary N) is 1. The summed E-state index contributed by atoms with van der Waals surface area (Å²) in [5.41, 5.74) is 5.52. The van der Waals surface area contributed by atoms with Crippen molar-refractivity contribution in [3.05, 3.63) is 35.5 Å². The van der Waals surface area contributed by atoms with Gasteiger partial charge >= 0.3 is 0 Å². The molecule has 0 spiro atoms. The molecule has 3 N–H and O–H groups in total. The molecule has 1 heterocycles. The van der Waals surface area contributed by atoms with Crippen LogP contribution in [0.3, 0.4) is 0 Å². The summed E-state index contributed by atoms with van der Waals surface area (Å²) >= 11 is 0. The predicted octanol–water partition coefficient (Wildman–Crippen LogP) is 2.73. The van der Waals surface area contributed by atoms with E-state index in [2.05, 4.69) is 4.98 Å². The first-order valence-electron chi connectivity index (χ1n) is 5.11. The lowest BCUT2D eigenvalue weighted by atomic mass is 9.95. The molecular formula is C12H14F2N2. The average molecular weight is 224 g/mol. The minimum absolute atomic E-state index is 0.0439. The van der Waals surface area contributed by atoms with Gasteiger partial charge in [-0.2, -0.15) is 0 Å². The minimum atomic E-state index is -0.637. The lowest BCUT2D eigenvalue weighted by Crippen LogP contribution is -2.35. The smallest absolute Gasteiger partial charge is 0.153 e. The number of aromatic nitrogens is 1. The van der Waals surface area contributed by atoms with Gasteiger partial charge in [-0.25, -0.2) is 8.78 Å². The van der Waals surface area contributed by atoms with Crippen molar-refractivity contribution in [1.82, 2.24) is 4.98 Å². The van der Waals surface area contributed by atoms with Gasteiger partial charge in [0.2, 0.25) is 0 Å². The molecule has 0 radical (unpaired) electrons. The molecule has 2 nitrogen and oxygen atoms in total. The second-order valence-corrected chi connectivity index (χ2v) is 4.76. The van der Waals surface area contributed by atoms with Crippen LogP contribution in [0.1, 0.15) is 19.4 Å². The fourth-order valence-electron chi connectivity index (χ4n) is 1.79. The Kier molecular flexibility index (Phi) is 2.46. The second-order valence-electron chi connectivity index (χ2n) is 4.76. The SMILES string of the molecule is CC(C)(N)Cc1c(F)cc2cc[nH]c2c1F. The topological polar surface area (TPSA) is 41.8 Å². The van der Waals surface area contributed by atoms with Gasteiger partial charge in [0.05, 0.1) is 5.52 Å². The summed E-state index contributed by atoms with van der Waals surface area (Å²) in [5, 5.41) is 0.536. The Morgan fingerprint density at radius 3 is 2.69 bits per heavy atom. The van der Waals surface area contributed by atoms with Crippen molar-refractivity contribution in [1.29, 1.82) is 0 Å². The van der Waals surface area contributed by atoms with Crippen LogP contribution in [0, 0.1) is 11.6 Å². The molecule has 1 aromatic heterocycles. The molecule has 0 unspecified atom stereocenters. The monoisotopic (exact) mass is 224 g/mol. The van der Waals surface area contributed by atoms with Gasteiger partial charge in [0.1, 0.15) is 5.82 Å². The molecule has 0 amide bonds. The fourth-order valence-corrected chi connectivity index (χ4v) is 1.79. The molecule has 0 aliphatic heterocycles. The van der Waals surface area contributed by atoms with Crippen LogP contribution in [0.4, 0.5) is 8.78 Å². The summed E-state index contributed by atoms with van der Waals surface area (Å²) in [6.45, 7) is 3.48. The standard InChI is InChI=1S/C12H14F2N2/c1-12(2,15)6-8-9(13)5-7-3-4-16-11(7)10(8)14/h3-5,16H,6,15H2,1-2H3. The average Bonchev–Trinajstić information content (AvgIpc) is 2.58. The molecule has 0 saturated carbocycles. The van der Waals surface area contributed by atoms with Crippen molar-refractivity contribution in [2.24, 2.45) is 5.73 Å². The third-order valence-corrected chi connectivity index (χ3v) is 2.47. The molecule has 1 aromatic carbocycles. The molecule has 0 bridgehead atoms. The Morgan fingerprint density at radius 1 is 1.38 bits per heavy atom. The van der Waals surface area contributed by atoms with Crippen molar-refractivity contribution in [2.45, 2.75) is 25.8 Å². The number of halogens is 2. The molecule has 0 aliphatic carbocycles. The maximum absolute atomic E-state index is 14.0. The Balaban J connectivity index is 2.59. The zero-order valence-electron chi connectivity index (χ0n) is 9.27. The van der Waals surface area contributed by atoms with E-state index in [1.165, 1.54) is 6.07 Å². The number of H-pyrrole nitrogens is 1. The van der Waals surface area contributed by atoms with Crippen molar-refractivity contribution >= 4 is 10.9 Å². The quantitative estimate of drug-likeness (QED) is 0.809. The van der Waals surface area contributed by atoms with Gasteiger partial charge in [-0.1, -0.05) is 0 Å². The molecular weight excluding hydrogens is 210 g/mol. The normalized spacial score (nSPS) is 12.3. The van der Waals surface area contributed by atoms with Gasteiger partial charge in [0.15, 0.2) is 5.82 Å². The van der Waals surface area contributed by atoms with E-state index in [0.29, 0.717) is 10.9 Å². The maximum Gasteiger partial charge on any atom is 0.153 e. The third-order valence-electron chi connectivity index (χ3n) is 2.47. The van der Waals surface area contributed by atoms with Crippen LogP contribution in [-0.4, -0.2) is 10.5 Å². The molecule has 0 saturated heterocycles. The summed E-state index contributed by atoms with van der Waals surface area (Å²) in [6.07, 6.45) is 1.75. The molecule has 0 fully saturated rings. The zero-order valence-corrected chi connectivity index (χ0v) is 9.27. The lowest BCUT2D eigenvalue weighted by molar-refractivity contribution is 0.476. The molecule has 0 atom stereocenters. The molecule has 0 aliphatic rings. The summed E-state index contributed by atoms with van der Waals surface area (Å²) < 4.78 is 27.6. The van der Waals surface area contributed by atoms with Crippen LogP contribution < -0.4 is 5.73 Å². The molecule has 16 heavy (non-hydrogen) atoms. The van der Waals surface area contributed by atoms with E-state index in [1.807, 2.05) is 0 Å². The molecule has 86 valence electrons. The van der Waals surface area contributed by atoms with Gasteiger partial charge in [-0.05, 0) is 32.4 Å². The lowest BCUT2D eigenvalue weighted by Gasteiger charge is -2.19. The first kappa shape index (κ1) is 11.1. The van der Waals surface area contributed by atoms with E-state index >= 15 is 0 Å². The maximum atomic E-state index is 14.0. The first-order valence-corrected chi connectivity index (χ1v) is 5.11. The Morgan fingerprint density at radius 2 is 2.06 bits per heavy atom. The van der Waals surface area contributed by atoms with Crippen LogP contribution in [0.15, 0.2) is 18.3 Å². The number of hydrogen-bond donors (Lipinski definition) is 2. The number of benzene rings is 1. The van der Waals surface area contributed by atoms with Gasteiger partial charge in [-0.15, -0.1) is 0 Å². The molecule has 4 heteroatoms. The number of aromatic amines is 1. The Hall–Kier alpha value is -1.42. The number of rotatable bonds is 2. The summed E-state index contributed by atoms with van der Waals surface area (Å²) in [5.74, 6) is -1.08. The van der Waals surface area contributed by atoms with Gasteiger partial charge in [0.25, 0.3) is 0 Å². The highest BCUT2D eigenvalue weighted by Crippen LogP contribution is 2.25. The van der Waals surface area contributed by atoms with E-state index in [-0.39, 0.29) is 12.0 Å².